The van der Waals surface area contributed by atoms with Crippen LogP contribution in [0.1, 0.15) is 58.8 Å². The quantitative estimate of drug-likeness (QED) is 0.617. The van der Waals surface area contributed by atoms with Crippen LogP contribution in [0.15, 0.2) is 0 Å². The summed E-state index contributed by atoms with van der Waals surface area (Å²) in [6.45, 7) is 4.60. The molecule has 0 aliphatic rings. The van der Waals surface area contributed by atoms with Crippen molar-refractivity contribution in [2.24, 2.45) is 0 Å². The summed E-state index contributed by atoms with van der Waals surface area (Å²) in [7, 11) is 1.82. The van der Waals surface area contributed by atoms with Gasteiger partial charge >= 0.3 is 0 Å². The lowest BCUT2D eigenvalue weighted by Gasteiger charge is -2.17. The Bertz CT molecular complexity index is 181. The molecular formula is C13H27NO2. The van der Waals surface area contributed by atoms with Crippen molar-refractivity contribution in [2.75, 3.05) is 13.6 Å². The molecule has 3 heteroatoms. The first-order chi connectivity index (χ1) is 7.57. The molecule has 1 amide bonds. The fraction of sp³-hybridized carbons (Fsp3) is 0.923. The molecule has 16 heavy (non-hydrogen) atoms. The summed E-state index contributed by atoms with van der Waals surface area (Å²) >= 11 is 0. The second-order valence-corrected chi connectivity index (χ2v) is 4.62. The van der Waals surface area contributed by atoms with Gasteiger partial charge in [-0.3, -0.25) is 4.79 Å². The zero-order valence-electron chi connectivity index (χ0n) is 11.0. The number of nitrogens with zero attached hydrogens (tertiary/aromatic N) is 1. The van der Waals surface area contributed by atoms with Gasteiger partial charge in [0.05, 0.1) is 6.10 Å². The third kappa shape index (κ3) is 8.72. The lowest BCUT2D eigenvalue weighted by atomic mass is 10.1. The van der Waals surface area contributed by atoms with Crippen molar-refractivity contribution < 1.29 is 9.90 Å². The fourth-order valence-electron chi connectivity index (χ4n) is 1.58. The van der Waals surface area contributed by atoms with Gasteiger partial charge in [-0.1, -0.05) is 32.6 Å². The van der Waals surface area contributed by atoms with Crippen LogP contribution in [0.5, 0.6) is 0 Å². The minimum atomic E-state index is -0.320. The Hall–Kier alpha value is -0.570. The molecule has 0 rings (SSSR count). The minimum Gasteiger partial charge on any atom is -0.393 e. The van der Waals surface area contributed by atoms with Crippen molar-refractivity contribution >= 4 is 5.91 Å². The third-order valence-electron chi connectivity index (χ3n) is 2.80. The van der Waals surface area contributed by atoms with Gasteiger partial charge in [-0.05, 0) is 19.8 Å². The van der Waals surface area contributed by atoms with Gasteiger partial charge in [0.15, 0.2) is 0 Å². The number of hydrogen-bond acceptors (Lipinski definition) is 2. The molecule has 0 aromatic rings. The summed E-state index contributed by atoms with van der Waals surface area (Å²) in [5, 5.41) is 9.12. The molecule has 0 aliphatic carbocycles. The van der Waals surface area contributed by atoms with E-state index in [9.17, 15) is 4.79 Å². The van der Waals surface area contributed by atoms with Crippen molar-refractivity contribution in [1.29, 1.82) is 0 Å². The van der Waals surface area contributed by atoms with Gasteiger partial charge in [-0.2, -0.15) is 0 Å². The predicted octanol–water partition coefficient (Wildman–Crippen LogP) is 2.58. The topological polar surface area (TPSA) is 40.5 Å². The standard InChI is InChI=1S/C13H27NO2/c1-4-5-6-7-8-9-13(16)14(3)11-10-12(2)15/h12,15H,4-11H2,1-3H3. The van der Waals surface area contributed by atoms with Crippen molar-refractivity contribution in [1.82, 2.24) is 4.90 Å². The molecule has 1 unspecified atom stereocenters. The van der Waals surface area contributed by atoms with Gasteiger partial charge in [0.25, 0.3) is 0 Å². The van der Waals surface area contributed by atoms with E-state index in [1.807, 2.05) is 7.05 Å². The molecule has 1 N–H and O–H groups in total. The first-order valence-corrected chi connectivity index (χ1v) is 6.50. The second kappa shape index (κ2) is 9.64. The number of unbranched alkanes of at least 4 members (excludes halogenated alkanes) is 4. The average Bonchev–Trinajstić information content (AvgIpc) is 2.25. The largest absolute Gasteiger partial charge is 0.393 e. The Morgan fingerprint density at radius 1 is 1.25 bits per heavy atom. The van der Waals surface area contributed by atoms with Crippen LogP contribution >= 0.6 is 0 Å². The summed E-state index contributed by atoms with van der Waals surface area (Å²) in [5.74, 6) is 0.206. The Balaban J connectivity index is 3.47. The van der Waals surface area contributed by atoms with Crippen LogP contribution in [0.25, 0.3) is 0 Å². The zero-order chi connectivity index (χ0) is 12.4. The molecule has 3 nitrogen and oxygen atoms in total. The van der Waals surface area contributed by atoms with E-state index in [2.05, 4.69) is 6.92 Å². The number of aliphatic hydroxyl groups is 1. The van der Waals surface area contributed by atoms with E-state index in [4.69, 9.17) is 5.11 Å². The lowest BCUT2D eigenvalue weighted by molar-refractivity contribution is -0.130. The van der Waals surface area contributed by atoms with E-state index in [-0.39, 0.29) is 12.0 Å². The second-order valence-electron chi connectivity index (χ2n) is 4.62. The van der Waals surface area contributed by atoms with Crippen molar-refractivity contribution in [3.05, 3.63) is 0 Å². The van der Waals surface area contributed by atoms with E-state index in [0.29, 0.717) is 19.4 Å². The summed E-state index contributed by atoms with van der Waals surface area (Å²) in [4.78, 5) is 13.4. The highest BCUT2D eigenvalue weighted by Gasteiger charge is 2.08. The minimum absolute atomic E-state index is 0.206. The summed E-state index contributed by atoms with van der Waals surface area (Å²) in [5.41, 5.74) is 0. The van der Waals surface area contributed by atoms with Crippen molar-refractivity contribution in [3.8, 4) is 0 Å². The number of rotatable bonds is 9. The van der Waals surface area contributed by atoms with E-state index in [1.54, 1.807) is 11.8 Å². The Morgan fingerprint density at radius 2 is 1.88 bits per heavy atom. The van der Waals surface area contributed by atoms with Gasteiger partial charge in [0, 0.05) is 20.0 Å². The Kier molecular flexibility index (Phi) is 9.30. The number of aliphatic hydroxyl groups excluding tert-OH is 1. The summed E-state index contributed by atoms with van der Waals surface area (Å²) < 4.78 is 0. The average molecular weight is 229 g/mol. The molecule has 0 spiro atoms. The maximum absolute atomic E-state index is 11.6. The van der Waals surface area contributed by atoms with E-state index in [0.717, 1.165) is 12.8 Å². The first-order valence-electron chi connectivity index (χ1n) is 6.50. The van der Waals surface area contributed by atoms with Crippen LogP contribution in [0.4, 0.5) is 0 Å². The maximum atomic E-state index is 11.6. The molecule has 0 heterocycles. The van der Waals surface area contributed by atoms with Gasteiger partial charge in [-0.25, -0.2) is 0 Å². The van der Waals surface area contributed by atoms with Crippen LogP contribution in [-0.2, 0) is 4.79 Å². The summed E-state index contributed by atoms with van der Waals surface area (Å²) in [6, 6.07) is 0. The number of carbonyl (C=O) groups is 1. The Labute approximate surface area is 99.8 Å². The molecule has 0 radical (unpaired) electrons. The third-order valence-corrected chi connectivity index (χ3v) is 2.80. The van der Waals surface area contributed by atoms with Crippen LogP contribution in [0.3, 0.4) is 0 Å². The van der Waals surface area contributed by atoms with Crippen LogP contribution in [0.2, 0.25) is 0 Å². The van der Waals surface area contributed by atoms with Gasteiger partial charge in [0.2, 0.25) is 5.91 Å². The molecule has 96 valence electrons. The van der Waals surface area contributed by atoms with Gasteiger partial charge in [-0.15, -0.1) is 0 Å². The van der Waals surface area contributed by atoms with Crippen molar-refractivity contribution in [3.63, 3.8) is 0 Å². The Morgan fingerprint density at radius 3 is 2.44 bits per heavy atom. The SMILES string of the molecule is CCCCCCCC(=O)N(C)CCC(C)O. The van der Waals surface area contributed by atoms with Crippen molar-refractivity contribution in [2.45, 2.75) is 64.9 Å². The molecule has 1 atom stereocenters. The number of hydrogen-bond donors (Lipinski definition) is 1. The van der Waals surface area contributed by atoms with Crippen LogP contribution in [-0.4, -0.2) is 35.6 Å². The van der Waals surface area contributed by atoms with E-state index < -0.39 is 0 Å². The first kappa shape index (κ1) is 15.4. The fourth-order valence-corrected chi connectivity index (χ4v) is 1.58. The number of carbonyl (C=O) groups excluding carboxylic acids is 1. The van der Waals surface area contributed by atoms with Crippen LogP contribution in [0, 0.1) is 0 Å². The van der Waals surface area contributed by atoms with E-state index in [1.165, 1.54) is 19.3 Å². The highest BCUT2D eigenvalue weighted by molar-refractivity contribution is 5.75. The maximum Gasteiger partial charge on any atom is 0.222 e. The lowest BCUT2D eigenvalue weighted by Crippen LogP contribution is -2.29. The normalized spacial score (nSPS) is 12.5. The molecule has 0 saturated carbocycles. The predicted molar refractivity (Wildman–Crippen MR) is 67.3 cm³/mol. The molecule has 0 aromatic carbocycles. The highest BCUT2D eigenvalue weighted by atomic mass is 16.3. The molecule has 0 bridgehead atoms. The molecular weight excluding hydrogens is 202 g/mol. The molecule has 0 aliphatic heterocycles. The highest BCUT2D eigenvalue weighted by Crippen LogP contribution is 2.06. The summed E-state index contributed by atoms with van der Waals surface area (Å²) in [6.07, 6.45) is 6.90. The number of amides is 1. The van der Waals surface area contributed by atoms with Gasteiger partial charge < -0.3 is 10.0 Å². The van der Waals surface area contributed by atoms with Crippen LogP contribution < -0.4 is 0 Å². The monoisotopic (exact) mass is 229 g/mol. The zero-order valence-corrected chi connectivity index (χ0v) is 11.0. The van der Waals surface area contributed by atoms with E-state index >= 15 is 0 Å². The smallest absolute Gasteiger partial charge is 0.222 e. The van der Waals surface area contributed by atoms with Gasteiger partial charge in [0.1, 0.15) is 0 Å². The molecule has 0 fully saturated rings. The molecule has 0 saturated heterocycles. The molecule has 0 aromatic heterocycles.